The Morgan fingerprint density at radius 3 is 2.92 bits per heavy atom. The minimum absolute atomic E-state index is 0.810. The van der Waals surface area contributed by atoms with Gasteiger partial charge < -0.3 is 15.0 Å². The fourth-order valence-corrected chi connectivity index (χ4v) is 4.15. The monoisotopic (exact) mass is 351 g/mol. The number of para-hydroxylation sites is 1. The van der Waals surface area contributed by atoms with Crippen molar-refractivity contribution in [3.63, 3.8) is 0 Å². The smallest absolute Gasteiger partial charge is 0.119 e. The first-order valence-electron chi connectivity index (χ1n) is 8.45. The Morgan fingerprint density at radius 1 is 1.20 bits per heavy atom. The van der Waals surface area contributed by atoms with E-state index in [0.717, 1.165) is 35.8 Å². The lowest BCUT2D eigenvalue weighted by atomic mass is 10.1. The molecule has 2 aromatic carbocycles. The van der Waals surface area contributed by atoms with E-state index in [0.29, 0.717) is 0 Å². The van der Waals surface area contributed by atoms with Crippen LogP contribution in [0.2, 0.25) is 0 Å². The highest BCUT2D eigenvalue weighted by molar-refractivity contribution is 7.18. The Labute approximate surface area is 150 Å². The molecule has 25 heavy (non-hydrogen) atoms. The van der Waals surface area contributed by atoms with E-state index in [1.807, 2.05) is 12.1 Å². The van der Waals surface area contributed by atoms with Gasteiger partial charge in [-0.15, -0.1) is 11.3 Å². The third-order valence-corrected chi connectivity index (χ3v) is 5.53. The number of methoxy groups -OCH3 is 1. The van der Waals surface area contributed by atoms with Gasteiger partial charge in [-0.1, -0.05) is 12.1 Å². The van der Waals surface area contributed by atoms with Crippen molar-refractivity contribution < 1.29 is 4.74 Å². The molecule has 2 aromatic heterocycles. The second-order valence-electron chi connectivity index (χ2n) is 6.14. The molecule has 0 aliphatic carbocycles. The lowest BCUT2D eigenvalue weighted by Crippen LogP contribution is -2.16. The summed E-state index contributed by atoms with van der Waals surface area (Å²) < 4.78 is 6.61. The van der Waals surface area contributed by atoms with Crippen molar-refractivity contribution in [3.8, 4) is 5.75 Å². The zero-order valence-corrected chi connectivity index (χ0v) is 15.2. The standard InChI is InChI=1S/C20H21N3OS/c1-13-15(16-11-14(24-2)7-8-17(16)22-13)9-10-21-12-20-23-18-5-3-4-6-19(18)25-20/h3-8,11,21-22H,9-10,12H2,1-2H3. The summed E-state index contributed by atoms with van der Waals surface area (Å²) in [5, 5.41) is 5.91. The number of H-pyrrole nitrogens is 1. The van der Waals surface area contributed by atoms with Crippen LogP contribution in [0, 0.1) is 6.92 Å². The SMILES string of the molecule is COc1ccc2[nH]c(C)c(CCNCc3nc4ccccc4s3)c2c1. The minimum Gasteiger partial charge on any atom is -0.497 e. The Balaban J connectivity index is 1.42. The maximum absolute atomic E-state index is 5.36. The average Bonchev–Trinajstić information content (AvgIpc) is 3.18. The van der Waals surface area contributed by atoms with E-state index in [4.69, 9.17) is 4.74 Å². The number of hydrogen-bond acceptors (Lipinski definition) is 4. The van der Waals surface area contributed by atoms with E-state index >= 15 is 0 Å². The van der Waals surface area contributed by atoms with E-state index in [1.165, 1.54) is 26.9 Å². The third-order valence-electron chi connectivity index (χ3n) is 4.49. The van der Waals surface area contributed by atoms with Gasteiger partial charge in [0, 0.05) is 23.1 Å². The Kier molecular flexibility index (Phi) is 4.42. The molecule has 0 radical (unpaired) electrons. The van der Waals surface area contributed by atoms with E-state index in [9.17, 15) is 0 Å². The van der Waals surface area contributed by atoms with Gasteiger partial charge in [-0.25, -0.2) is 4.98 Å². The first-order chi connectivity index (χ1) is 12.2. The number of fused-ring (bicyclic) bond motifs is 2. The van der Waals surface area contributed by atoms with Crippen LogP contribution in [0.15, 0.2) is 42.5 Å². The first kappa shape index (κ1) is 16.1. The molecule has 0 fully saturated rings. The molecule has 5 heteroatoms. The molecule has 0 unspecified atom stereocenters. The molecule has 2 N–H and O–H groups in total. The van der Waals surface area contributed by atoms with E-state index in [1.54, 1.807) is 18.4 Å². The van der Waals surface area contributed by atoms with Gasteiger partial charge >= 0.3 is 0 Å². The molecule has 2 heterocycles. The molecule has 0 aliphatic heterocycles. The number of aromatic nitrogens is 2. The molecule has 0 saturated heterocycles. The van der Waals surface area contributed by atoms with Crippen molar-refractivity contribution in [2.24, 2.45) is 0 Å². The molecule has 128 valence electrons. The summed E-state index contributed by atoms with van der Waals surface area (Å²) in [7, 11) is 1.71. The van der Waals surface area contributed by atoms with E-state index < -0.39 is 0 Å². The summed E-state index contributed by atoms with van der Waals surface area (Å²) in [6.07, 6.45) is 0.976. The maximum Gasteiger partial charge on any atom is 0.119 e. The van der Waals surface area contributed by atoms with Crippen molar-refractivity contribution in [1.82, 2.24) is 15.3 Å². The van der Waals surface area contributed by atoms with Gasteiger partial charge in [0.25, 0.3) is 0 Å². The lowest BCUT2D eigenvalue weighted by molar-refractivity contribution is 0.415. The molecule has 4 aromatic rings. The van der Waals surface area contributed by atoms with Gasteiger partial charge in [0.05, 0.1) is 17.3 Å². The number of aromatic amines is 1. The summed E-state index contributed by atoms with van der Waals surface area (Å²) in [4.78, 5) is 8.13. The van der Waals surface area contributed by atoms with Crippen LogP contribution in [0.5, 0.6) is 5.75 Å². The zero-order valence-electron chi connectivity index (χ0n) is 14.4. The molecule has 0 spiro atoms. The van der Waals surface area contributed by atoms with Crippen LogP contribution < -0.4 is 10.1 Å². The predicted molar refractivity (Wildman–Crippen MR) is 105 cm³/mol. The molecular formula is C20H21N3OS. The van der Waals surface area contributed by atoms with Crippen molar-refractivity contribution in [2.45, 2.75) is 19.9 Å². The van der Waals surface area contributed by atoms with Crippen LogP contribution in [0.1, 0.15) is 16.3 Å². The van der Waals surface area contributed by atoms with Gasteiger partial charge in [0.15, 0.2) is 0 Å². The molecule has 0 aliphatic rings. The number of nitrogens with one attached hydrogen (secondary N) is 2. The number of nitrogens with zero attached hydrogens (tertiary/aromatic N) is 1. The predicted octanol–water partition coefficient (Wildman–Crippen LogP) is 4.43. The van der Waals surface area contributed by atoms with Crippen LogP contribution in [0.4, 0.5) is 0 Å². The normalized spacial score (nSPS) is 11.4. The topological polar surface area (TPSA) is 49.9 Å². The summed E-state index contributed by atoms with van der Waals surface area (Å²) in [6.45, 7) is 3.86. The van der Waals surface area contributed by atoms with Gasteiger partial charge in [-0.3, -0.25) is 0 Å². The van der Waals surface area contributed by atoms with E-state index in [2.05, 4.69) is 52.5 Å². The quantitative estimate of drug-likeness (QED) is 0.505. The molecular weight excluding hydrogens is 330 g/mol. The van der Waals surface area contributed by atoms with Crippen molar-refractivity contribution >= 4 is 32.5 Å². The molecule has 0 atom stereocenters. The third kappa shape index (κ3) is 3.25. The number of ether oxygens (including phenoxy) is 1. The van der Waals surface area contributed by atoms with Gasteiger partial charge in [-0.2, -0.15) is 0 Å². The molecule has 4 rings (SSSR count). The number of aryl methyl sites for hydroxylation is 1. The second-order valence-corrected chi connectivity index (χ2v) is 7.26. The van der Waals surface area contributed by atoms with Gasteiger partial charge in [0.1, 0.15) is 10.8 Å². The minimum atomic E-state index is 0.810. The number of rotatable bonds is 6. The molecule has 0 bridgehead atoms. The maximum atomic E-state index is 5.36. The van der Waals surface area contributed by atoms with Crippen LogP contribution >= 0.6 is 11.3 Å². The van der Waals surface area contributed by atoms with E-state index in [-0.39, 0.29) is 0 Å². The average molecular weight is 351 g/mol. The molecule has 0 saturated carbocycles. The largest absolute Gasteiger partial charge is 0.497 e. The van der Waals surface area contributed by atoms with Crippen LogP contribution in [-0.2, 0) is 13.0 Å². The number of benzene rings is 2. The lowest BCUT2D eigenvalue weighted by Gasteiger charge is -2.05. The summed E-state index contributed by atoms with van der Waals surface area (Å²) in [5.74, 6) is 0.898. The van der Waals surface area contributed by atoms with Crippen LogP contribution in [-0.4, -0.2) is 23.6 Å². The van der Waals surface area contributed by atoms with Gasteiger partial charge in [0.2, 0.25) is 0 Å². The fourth-order valence-electron chi connectivity index (χ4n) is 3.21. The second kappa shape index (κ2) is 6.86. The Bertz CT molecular complexity index is 985. The fraction of sp³-hybridized carbons (Fsp3) is 0.250. The zero-order chi connectivity index (χ0) is 17.2. The molecule has 4 nitrogen and oxygen atoms in total. The Hall–Kier alpha value is -2.37. The summed E-state index contributed by atoms with van der Waals surface area (Å²) in [6, 6.07) is 14.5. The highest BCUT2D eigenvalue weighted by atomic mass is 32.1. The van der Waals surface area contributed by atoms with Gasteiger partial charge in [-0.05, 0) is 55.8 Å². The van der Waals surface area contributed by atoms with Crippen molar-refractivity contribution in [3.05, 3.63) is 58.7 Å². The first-order valence-corrected chi connectivity index (χ1v) is 9.26. The summed E-state index contributed by atoms with van der Waals surface area (Å²) >= 11 is 1.76. The Morgan fingerprint density at radius 2 is 2.08 bits per heavy atom. The van der Waals surface area contributed by atoms with Crippen molar-refractivity contribution in [2.75, 3.05) is 13.7 Å². The molecule has 0 amide bonds. The van der Waals surface area contributed by atoms with Crippen molar-refractivity contribution in [1.29, 1.82) is 0 Å². The highest BCUT2D eigenvalue weighted by Gasteiger charge is 2.09. The van der Waals surface area contributed by atoms with Crippen LogP contribution in [0.25, 0.3) is 21.1 Å². The highest BCUT2D eigenvalue weighted by Crippen LogP contribution is 2.26. The van der Waals surface area contributed by atoms with Crippen LogP contribution in [0.3, 0.4) is 0 Å². The number of hydrogen-bond donors (Lipinski definition) is 2. The number of thiazole rings is 1. The summed E-state index contributed by atoms with van der Waals surface area (Å²) in [5.41, 5.74) is 4.83.